The van der Waals surface area contributed by atoms with Gasteiger partial charge in [-0.15, -0.1) is 0 Å². The Morgan fingerprint density at radius 2 is 1.88 bits per heavy atom. The molecule has 0 saturated carbocycles. The topological polar surface area (TPSA) is 144 Å². The van der Waals surface area contributed by atoms with Gasteiger partial charge in [0.25, 0.3) is 5.56 Å². The van der Waals surface area contributed by atoms with Crippen molar-refractivity contribution in [3.8, 4) is 11.4 Å². The Morgan fingerprint density at radius 1 is 1.12 bits per heavy atom. The normalized spacial score (nSPS) is 19.3. The van der Waals surface area contributed by atoms with Crippen LogP contribution in [0.25, 0.3) is 11.4 Å². The largest absolute Gasteiger partial charge is 0.460 e. The van der Waals surface area contributed by atoms with Crippen LogP contribution in [0.1, 0.15) is 49.1 Å². The van der Waals surface area contributed by atoms with Gasteiger partial charge in [-0.1, -0.05) is 0 Å². The average Bonchev–Trinajstić information content (AvgIpc) is 3.33. The van der Waals surface area contributed by atoms with Gasteiger partial charge in [0, 0.05) is 44.6 Å². The molecule has 4 heterocycles. The number of aryl methyl sites for hydroxylation is 3. The van der Waals surface area contributed by atoms with Crippen molar-refractivity contribution in [3.63, 3.8) is 0 Å². The molecule has 4 rings (SSSR count). The van der Waals surface area contributed by atoms with Crippen molar-refractivity contribution in [1.82, 2.24) is 19.5 Å². The van der Waals surface area contributed by atoms with E-state index < -0.39 is 44.3 Å². The molecule has 2 unspecified atom stereocenters. The second-order valence-corrected chi connectivity index (χ2v) is 11.1. The van der Waals surface area contributed by atoms with E-state index in [0.717, 1.165) is 36.2 Å². The predicted octanol–water partition coefficient (Wildman–Crippen LogP) is 3.76. The lowest BCUT2D eigenvalue weighted by atomic mass is 10.1. The molecule has 13 heteroatoms. The molecule has 1 fully saturated rings. The van der Waals surface area contributed by atoms with Gasteiger partial charge in [0.05, 0.1) is 24.6 Å². The maximum Gasteiger partial charge on any atom is 0.332 e. The van der Waals surface area contributed by atoms with Crippen molar-refractivity contribution in [2.45, 2.75) is 64.9 Å². The van der Waals surface area contributed by atoms with E-state index in [1.807, 2.05) is 25.1 Å². The molecule has 0 bridgehead atoms. The van der Waals surface area contributed by atoms with Crippen molar-refractivity contribution < 1.29 is 27.8 Å². The van der Waals surface area contributed by atoms with E-state index in [1.54, 1.807) is 19.3 Å². The quantitative estimate of drug-likeness (QED) is 0.179. The predicted molar refractivity (Wildman–Crippen MR) is 151 cm³/mol. The summed E-state index contributed by atoms with van der Waals surface area (Å²) in [6.45, 7) is 5.39. The van der Waals surface area contributed by atoms with Gasteiger partial charge in [0.2, 0.25) is 0 Å². The number of hydrogen-bond donors (Lipinski definition) is 1. The minimum atomic E-state index is -1.66. The zero-order chi connectivity index (χ0) is 29.4. The maximum atomic E-state index is 12.3. The summed E-state index contributed by atoms with van der Waals surface area (Å²) < 4.78 is 29.7. The molecule has 1 saturated heterocycles. The Kier molecular flexibility index (Phi) is 10.9. The minimum Gasteiger partial charge on any atom is -0.460 e. The van der Waals surface area contributed by atoms with Crippen LogP contribution in [0, 0.1) is 13.8 Å². The SMILES string of the molecule is COP(OCCCCc1ccnc(-c2cc(C)ccn2)c1)OC[C@H]1O[C@@H](n2cc(C)c(=O)[nH]c2=O)CC1OC(C)=O. The van der Waals surface area contributed by atoms with Crippen molar-refractivity contribution in [2.75, 3.05) is 20.3 Å². The number of aromatic amines is 1. The number of nitrogens with zero attached hydrogens (tertiary/aromatic N) is 3. The monoisotopic (exact) mass is 586 g/mol. The number of rotatable bonds is 13. The molecule has 3 aromatic rings. The van der Waals surface area contributed by atoms with Crippen LogP contribution in [-0.2, 0) is 34.3 Å². The van der Waals surface area contributed by atoms with E-state index in [1.165, 1.54) is 30.4 Å². The van der Waals surface area contributed by atoms with Crippen molar-refractivity contribution in [2.24, 2.45) is 0 Å². The maximum absolute atomic E-state index is 12.3. The Balaban J connectivity index is 1.25. The van der Waals surface area contributed by atoms with Gasteiger partial charge in [-0.3, -0.25) is 29.1 Å². The lowest BCUT2D eigenvalue weighted by molar-refractivity contribution is -0.150. The van der Waals surface area contributed by atoms with Crippen LogP contribution in [0.15, 0.2) is 52.4 Å². The van der Waals surface area contributed by atoms with Crippen molar-refractivity contribution in [1.29, 1.82) is 0 Å². The van der Waals surface area contributed by atoms with Gasteiger partial charge in [0.1, 0.15) is 18.4 Å². The first-order valence-electron chi connectivity index (χ1n) is 13.4. The third kappa shape index (κ3) is 8.61. The first-order chi connectivity index (χ1) is 19.7. The highest BCUT2D eigenvalue weighted by Crippen LogP contribution is 2.40. The molecule has 0 spiro atoms. The zero-order valence-corrected chi connectivity index (χ0v) is 24.5. The molecule has 4 atom stereocenters. The molecule has 1 N–H and O–H groups in total. The highest BCUT2D eigenvalue weighted by molar-refractivity contribution is 7.41. The molecule has 1 aliphatic heterocycles. The Bertz CT molecular complexity index is 1440. The number of H-pyrrole nitrogens is 1. The highest BCUT2D eigenvalue weighted by Gasteiger charge is 2.40. The smallest absolute Gasteiger partial charge is 0.332 e. The number of esters is 1. The Labute approximate surface area is 239 Å². The summed E-state index contributed by atoms with van der Waals surface area (Å²) in [5, 5.41) is 0. The Morgan fingerprint density at radius 3 is 2.61 bits per heavy atom. The van der Waals surface area contributed by atoms with Gasteiger partial charge in [-0.25, -0.2) is 4.79 Å². The summed E-state index contributed by atoms with van der Waals surface area (Å²) in [6.07, 6.45) is 5.75. The number of ether oxygens (including phenoxy) is 2. The molecule has 0 radical (unpaired) electrons. The van der Waals surface area contributed by atoms with E-state index in [2.05, 4.69) is 21.0 Å². The van der Waals surface area contributed by atoms with Gasteiger partial charge < -0.3 is 23.0 Å². The van der Waals surface area contributed by atoms with Gasteiger partial charge >= 0.3 is 20.3 Å². The van der Waals surface area contributed by atoms with Crippen LogP contribution < -0.4 is 11.2 Å². The molecule has 0 amide bonds. The summed E-state index contributed by atoms with van der Waals surface area (Å²) in [7, 11) is -0.168. The summed E-state index contributed by atoms with van der Waals surface area (Å²) in [6, 6.07) is 8.04. The van der Waals surface area contributed by atoms with E-state index in [0.29, 0.717) is 12.2 Å². The molecular weight excluding hydrogens is 551 g/mol. The lowest BCUT2D eigenvalue weighted by Gasteiger charge is -2.21. The average molecular weight is 587 g/mol. The second-order valence-electron chi connectivity index (χ2n) is 9.75. The standard InChI is InChI=1S/C28H35N4O8P/c1-18-8-10-29-22(13-18)23-14-21(9-11-30-23)7-5-6-12-37-41(36-4)38-17-25-24(39-20(3)33)15-26(40-25)32-16-19(2)27(34)31-28(32)35/h8-11,13-14,16,24-26H,5-7,12,15,17H2,1-4H3,(H,31,34,35)/t24?,25-,26-,41?/m1/s1. The van der Waals surface area contributed by atoms with Crippen LogP contribution in [0.2, 0.25) is 0 Å². The van der Waals surface area contributed by atoms with Crippen LogP contribution in [0.5, 0.6) is 0 Å². The van der Waals surface area contributed by atoms with Gasteiger partial charge in [0.15, 0.2) is 0 Å². The Hall–Kier alpha value is -3.28. The number of carbonyl (C=O) groups excluding carboxylic acids is 1. The van der Waals surface area contributed by atoms with Gasteiger partial charge in [-0.2, -0.15) is 0 Å². The summed E-state index contributed by atoms with van der Waals surface area (Å²) >= 11 is 0. The molecule has 0 aromatic carbocycles. The summed E-state index contributed by atoms with van der Waals surface area (Å²) in [5.74, 6) is -0.476. The van der Waals surface area contributed by atoms with Crippen LogP contribution >= 0.6 is 8.60 Å². The number of aromatic nitrogens is 4. The molecule has 12 nitrogen and oxygen atoms in total. The number of hydrogen-bond acceptors (Lipinski definition) is 10. The number of unbranched alkanes of at least 4 members (excludes halogenated alkanes) is 1. The highest BCUT2D eigenvalue weighted by atomic mass is 31.2. The molecule has 220 valence electrons. The zero-order valence-electron chi connectivity index (χ0n) is 23.6. The fourth-order valence-electron chi connectivity index (χ4n) is 4.45. The van der Waals surface area contributed by atoms with Crippen molar-refractivity contribution in [3.05, 3.63) is 80.4 Å². The van der Waals surface area contributed by atoms with Crippen molar-refractivity contribution >= 4 is 14.6 Å². The number of carbonyl (C=O) groups is 1. The van der Waals surface area contributed by atoms with Crippen LogP contribution in [-0.4, -0.2) is 58.0 Å². The molecular formula is C28H35N4O8P. The minimum absolute atomic E-state index is 0.0257. The molecule has 3 aromatic heterocycles. The molecule has 0 aliphatic carbocycles. The van der Waals surface area contributed by atoms with Crippen LogP contribution in [0.3, 0.4) is 0 Å². The lowest BCUT2D eigenvalue weighted by Crippen LogP contribution is -2.33. The molecule has 41 heavy (non-hydrogen) atoms. The second kappa shape index (κ2) is 14.6. The number of nitrogens with one attached hydrogen (secondary N) is 1. The summed E-state index contributed by atoms with van der Waals surface area (Å²) in [5.41, 5.74) is 3.30. The first-order valence-corrected chi connectivity index (χ1v) is 14.5. The molecule has 1 aliphatic rings. The summed E-state index contributed by atoms with van der Waals surface area (Å²) in [4.78, 5) is 46.9. The van der Waals surface area contributed by atoms with Crippen LogP contribution in [0.4, 0.5) is 0 Å². The third-order valence-electron chi connectivity index (χ3n) is 6.51. The van der Waals surface area contributed by atoms with E-state index in [9.17, 15) is 14.4 Å². The third-order valence-corrected chi connectivity index (χ3v) is 7.56. The van der Waals surface area contributed by atoms with E-state index >= 15 is 0 Å². The number of pyridine rings is 2. The fraction of sp³-hybridized carbons (Fsp3) is 0.464. The van der Waals surface area contributed by atoms with E-state index in [-0.39, 0.29) is 13.0 Å². The van der Waals surface area contributed by atoms with E-state index in [4.69, 9.17) is 23.0 Å². The fourth-order valence-corrected chi connectivity index (χ4v) is 5.28. The van der Waals surface area contributed by atoms with Gasteiger partial charge in [-0.05, 0) is 68.5 Å². The first kappa shape index (κ1) is 30.7.